The molecule has 2 atom stereocenters. The smallest absolute Gasteiger partial charge is 0.237 e. The van der Waals surface area contributed by atoms with Crippen molar-refractivity contribution in [2.45, 2.75) is 51.7 Å². The number of carbonyl (C=O) groups excluding carboxylic acids is 1. The molecule has 4 nitrogen and oxygen atoms in total. The predicted octanol–water partition coefficient (Wildman–Crippen LogP) is 0.652. The largest absolute Gasteiger partial charge is 0.389 e. The maximum atomic E-state index is 11.8. The molecule has 0 aliphatic carbocycles. The molecule has 1 amide bonds. The van der Waals surface area contributed by atoms with Gasteiger partial charge in [0.05, 0.1) is 11.6 Å². The van der Waals surface area contributed by atoms with Gasteiger partial charge in [-0.1, -0.05) is 13.3 Å². The van der Waals surface area contributed by atoms with Crippen LogP contribution >= 0.6 is 0 Å². The number of hydrogen-bond donors (Lipinski definition) is 3. The van der Waals surface area contributed by atoms with Crippen LogP contribution < -0.4 is 10.6 Å². The van der Waals surface area contributed by atoms with E-state index >= 15 is 0 Å². The Morgan fingerprint density at radius 3 is 2.81 bits per heavy atom. The molecule has 0 spiro atoms. The van der Waals surface area contributed by atoms with Crippen molar-refractivity contribution < 1.29 is 9.90 Å². The number of carbonyl (C=O) groups is 1. The van der Waals surface area contributed by atoms with Gasteiger partial charge in [0.2, 0.25) is 5.91 Å². The molecule has 4 heteroatoms. The summed E-state index contributed by atoms with van der Waals surface area (Å²) in [6.07, 6.45) is 3.21. The number of aliphatic hydroxyl groups is 1. The highest BCUT2D eigenvalue weighted by Gasteiger charge is 2.26. The fraction of sp³-hybridized carbons (Fsp3) is 0.917. The minimum absolute atomic E-state index is 0.0141. The van der Waals surface area contributed by atoms with Gasteiger partial charge in [-0.3, -0.25) is 4.79 Å². The molecule has 0 bridgehead atoms. The van der Waals surface area contributed by atoms with E-state index in [4.69, 9.17) is 0 Å². The van der Waals surface area contributed by atoms with Crippen LogP contribution in [-0.4, -0.2) is 35.7 Å². The van der Waals surface area contributed by atoms with Crippen molar-refractivity contribution in [1.82, 2.24) is 10.6 Å². The van der Waals surface area contributed by atoms with Crippen molar-refractivity contribution in [1.29, 1.82) is 0 Å². The second-order valence-electron chi connectivity index (χ2n) is 5.34. The molecule has 0 saturated carbocycles. The lowest BCUT2D eigenvalue weighted by Gasteiger charge is -2.29. The molecule has 16 heavy (non-hydrogen) atoms. The van der Waals surface area contributed by atoms with Crippen molar-refractivity contribution in [2.24, 2.45) is 5.92 Å². The first kappa shape index (κ1) is 13.5. The fourth-order valence-corrected chi connectivity index (χ4v) is 1.99. The van der Waals surface area contributed by atoms with Crippen LogP contribution in [0, 0.1) is 5.92 Å². The Bertz CT molecular complexity index is 236. The zero-order valence-electron chi connectivity index (χ0n) is 10.5. The molecule has 1 aliphatic rings. The minimum atomic E-state index is -0.839. The summed E-state index contributed by atoms with van der Waals surface area (Å²) >= 11 is 0. The quantitative estimate of drug-likeness (QED) is 0.662. The normalized spacial score (nSPS) is 26.5. The molecule has 0 radical (unpaired) electrons. The van der Waals surface area contributed by atoms with E-state index in [1.807, 2.05) is 0 Å². The van der Waals surface area contributed by atoms with Crippen molar-refractivity contribution >= 4 is 5.91 Å². The molecule has 2 unspecified atom stereocenters. The van der Waals surface area contributed by atoms with E-state index in [1.165, 1.54) is 0 Å². The van der Waals surface area contributed by atoms with E-state index < -0.39 is 5.60 Å². The van der Waals surface area contributed by atoms with Gasteiger partial charge < -0.3 is 15.7 Å². The Balaban J connectivity index is 2.36. The number of rotatable bonds is 4. The molecule has 1 aliphatic heterocycles. The van der Waals surface area contributed by atoms with Crippen LogP contribution in [0.3, 0.4) is 0 Å². The summed E-state index contributed by atoms with van der Waals surface area (Å²) < 4.78 is 0. The monoisotopic (exact) mass is 228 g/mol. The number of nitrogens with one attached hydrogen (secondary N) is 2. The topological polar surface area (TPSA) is 61.4 Å². The summed E-state index contributed by atoms with van der Waals surface area (Å²) in [6.45, 7) is 6.77. The van der Waals surface area contributed by atoms with Gasteiger partial charge in [-0.2, -0.15) is 0 Å². The van der Waals surface area contributed by atoms with E-state index in [-0.39, 0.29) is 11.9 Å². The van der Waals surface area contributed by atoms with Gasteiger partial charge in [-0.15, -0.1) is 0 Å². The molecule has 1 rings (SSSR count). The van der Waals surface area contributed by atoms with Crippen LogP contribution in [0.5, 0.6) is 0 Å². The summed E-state index contributed by atoms with van der Waals surface area (Å²) in [5.74, 6) is 0.666. The van der Waals surface area contributed by atoms with E-state index in [0.29, 0.717) is 12.5 Å². The van der Waals surface area contributed by atoms with Gasteiger partial charge >= 0.3 is 0 Å². The van der Waals surface area contributed by atoms with Gasteiger partial charge in [0.1, 0.15) is 0 Å². The second kappa shape index (κ2) is 5.64. The van der Waals surface area contributed by atoms with Crippen LogP contribution in [0.2, 0.25) is 0 Å². The highest BCUT2D eigenvalue weighted by Crippen LogP contribution is 2.19. The van der Waals surface area contributed by atoms with E-state index in [0.717, 1.165) is 25.8 Å². The zero-order chi connectivity index (χ0) is 12.2. The molecule has 1 heterocycles. The summed E-state index contributed by atoms with van der Waals surface area (Å²) in [6, 6.07) is -0.0824. The highest BCUT2D eigenvalue weighted by atomic mass is 16.3. The molecular formula is C12H24N2O2. The third-order valence-electron chi connectivity index (χ3n) is 3.10. The first-order valence-electron chi connectivity index (χ1n) is 6.16. The summed E-state index contributed by atoms with van der Waals surface area (Å²) in [5.41, 5.74) is -0.839. The van der Waals surface area contributed by atoms with E-state index in [1.54, 1.807) is 13.8 Å². The van der Waals surface area contributed by atoms with Gasteiger partial charge in [-0.05, 0) is 39.2 Å². The molecule has 1 saturated heterocycles. The lowest BCUT2D eigenvalue weighted by Crippen LogP contribution is -2.51. The van der Waals surface area contributed by atoms with E-state index in [2.05, 4.69) is 17.6 Å². The molecule has 1 fully saturated rings. The molecule has 0 aromatic heterocycles. The predicted molar refractivity (Wildman–Crippen MR) is 64.1 cm³/mol. The maximum Gasteiger partial charge on any atom is 0.237 e. The standard InChI is InChI=1S/C12H24N2O2/c1-4-9-5-6-13-10(7-9)11(15)14-8-12(2,3)16/h9-10,13,16H,4-8H2,1-3H3,(H,14,15). The van der Waals surface area contributed by atoms with Crippen molar-refractivity contribution in [3.05, 3.63) is 0 Å². The van der Waals surface area contributed by atoms with Gasteiger partial charge in [0.15, 0.2) is 0 Å². The van der Waals surface area contributed by atoms with Crippen LogP contribution in [0.4, 0.5) is 0 Å². The summed E-state index contributed by atoms with van der Waals surface area (Å²) in [5, 5.41) is 15.5. The maximum absolute atomic E-state index is 11.8. The number of piperidine rings is 1. The first-order valence-corrected chi connectivity index (χ1v) is 6.16. The Hall–Kier alpha value is -0.610. The average molecular weight is 228 g/mol. The van der Waals surface area contributed by atoms with Crippen molar-refractivity contribution in [2.75, 3.05) is 13.1 Å². The molecule has 3 N–H and O–H groups in total. The van der Waals surface area contributed by atoms with Crippen LogP contribution in [-0.2, 0) is 4.79 Å². The third-order valence-corrected chi connectivity index (χ3v) is 3.10. The van der Waals surface area contributed by atoms with Crippen LogP contribution in [0.1, 0.15) is 40.0 Å². The molecule has 0 aromatic carbocycles. The number of amides is 1. The Morgan fingerprint density at radius 1 is 1.56 bits per heavy atom. The van der Waals surface area contributed by atoms with Gasteiger partial charge in [0.25, 0.3) is 0 Å². The van der Waals surface area contributed by atoms with Crippen molar-refractivity contribution in [3.8, 4) is 0 Å². The summed E-state index contributed by atoms with van der Waals surface area (Å²) in [4.78, 5) is 11.8. The van der Waals surface area contributed by atoms with Crippen LogP contribution in [0.15, 0.2) is 0 Å². The van der Waals surface area contributed by atoms with Gasteiger partial charge in [0, 0.05) is 6.54 Å². The first-order chi connectivity index (χ1) is 7.42. The average Bonchev–Trinajstić information content (AvgIpc) is 2.25. The number of hydrogen-bond acceptors (Lipinski definition) is 3. The van der Waals surface area contributed by atoms with Crippen molar-refractivity contribution in [3.63, 3.8) is 0 Å². The van der Waals surface area contributed by atoms with Crippen LogP contribution in [0.25, 0.3) is 0 Å². The molecule has 94 valence electrons. The minimum Gasteiger partial charge on any atom is -0.389 e. The second-order valence-corrected chi connectivity index (χ2v) is 5.34. The van der Waals surface area contributed by atoms with E-state index in [9.17, 15) is 9.90 Å². The Kier molecular flexibility index (Phi) is 4.74. The Labute approximate surface area is 97.8 Å². The lowest BCUT2D eigenvalue weighted by molar-refractivity contribution is -0.125. The summed E-state index contributed by atoms with van der Waals surface area (Å²) in [7, 11) is 0. The lowest BCUT2D eigenvalue weighted by atomic mass is 9.90. The van der Waals surface area contributed by atoms with Gasteiger partial charge in [-0.25, -0.2) is 0 Å². The third kappa shape index (κ3) is 4.49. The SMILES string of the molecule is CCC1CCNC(C(=O)NCC(C)(C)O)C1. The Morgan fingerprint density at radius 2 is 2.25 bits per heavy atom. The fourth-order valence-electron chi connectivity index (χ4n) is 1.99. The molecular weight excluding hydrogens is 204 g/mol. The highest BCUT2D eigenvalue weighted by molar-refractivity contribution is 5.81. The molecule has 0 aromatic rings. The zero-order valence-corrected chi connectivity index (χ0v) is 10.5.